The monoisotopic (exact) mass is 701 g/mol. The van der Waals surface area contributed by atoms with Gasteiger partial charge in [0.25, 0.3) is 0 Å². The number of benzene rings is 1. The second-order valence-electron chi connectivity index (χ2n) is 12.5. The molecule has 1 spiro atoms. The molecule has 2 N–H and O–H groups in total. The molecule has 2 unspecified atom stereocenters. The van der Waals surface area contributed by atoms with Gasteiger partial charge in [-0.1, -0.05) is 78.7 Å². The zero-order chi connectivity index (χ0) is 33.6. The van der Waals surface area contributed by atoms with Crippen molar-refractivity contribution in [1.82, 2.24) is 15.1 Å². The number of rotatable bonds is 17. The maximum absolute atomic E-state index is 14.6. The molecule has 0 aliphatic carbocycles. The van der Waals surface area contributed by atoms with Crippen LogP contribution in [-0.2, 0) is 28.7 Å². The average Bonchev–Trinajstić information content (AvgIpc) is 3.65. The van der Waals surface area contributed by atoms with Crippen LogP contribution in [0.25, 0.3) is 0 Å². The molecule has 0 saturated carbocycles. The predicted molar refractivity (Wildman–Crippen MR) is 178 cm³/mol. The van der Waals surface area contributed by atoms with Crippen LogP contribution in [0.1, 0.15) is 71.0 Å². The molecule has 9 atom stereocenters. The van der Waals surface area contributed by atoms with Gasteiger partial charge in [-0.2, -0.15) is 0 Å². The highest BCUT2D eigenvalue weighted by Gasteiger charge is 2.77. The van der Waals surface area contributed by atoms with E-state index in [-0.39, 0.29) is 42.3 Å². The summed E-state index contributed by atoms with van der Waals surface area (Å²) in [6, 6.07) is 7.34. The number of carbonyl (C=O) groups excluding carboxylic acids is 4. The molecule has 252 valence electrons. The van der Waals surface area contributed by atoms with E-state index in [2.05, 4.69) is 41.3 Å². The highest BCUT2D eigenvalue weighted by atomic mass is 79.9. The van der Waals surface area contributed by atoms with E-state index in [0.717, 1.165) is 12.8 Å². The number of amides is 3. The standard InChI is InChI=1S/C35H48BrN3O7/c1-6-10-17-27(41)37-20-26(23-15-12-11-13-16-23)45-34(44)28-29-32(42)39(24(9-4)21-40)31(35(29)19-25(36)30(28)46-35)33(43)38(18-8-3)22(5)14-7-2/h6,8,11-13,15-16,22,24-26,28-31,40H,1,3,7,9-10,14,17-21H2,2,4-5H3,(H,37,41)/t22?,24-,25?,26+,28+,29-,30+,31+,35-/m0/s1. The van der Waals surface area contributed by atoms with Gasteiger partial charge in [-0.05, 0) is 38.2 Å². The van der Waals surface area contributed by atoms with Crippen LogP contribution in [0.3, 0.4) is 0 Å². The molecular formula is C35H48BrN3O7. The number of esters is 1. The Morgan fingerprint density at radius 2 is 1.96 bits per heavy atom. The van der Waals surface area contributed by atoms with Gasteiger partial charge in [0.2, 0.25) is 17.7 Å². The quantitative estimate of drug-likeness (QED) is 0.143. The summed E-state index contributed by atoms with van der Waals surface area (Å²) in [5.41, 5.74) is -0.594. The van der Waals surface area contributed by atoms with Gasteiger partial charge < -0.3 is 29.7 Å². The maximum Gasteiger partial charge on any atom is 0.313 e. The van der Waals surface area contributed by atoms with E-state index in [1.54, 1.807) is 17.1 Å². The number of aliphatic hydroxyl groups is 1. The van der Waals surface area contributed by atoms with Crippen LogP contribution in [-0.4, -0.2) is 93.0 Å². The number of nitrogens with zero attached hydrogens (tertiary/aromatic N) is 2. The number of likely N-dealkylation sites (tertiary alicyclic amines) is 1. The predicted octanol–water partition coefficient (Wildman–Crippen LogP) is 4.08. The van der Waals surface area contributed by atoms with Crippen LogP contribution in [0.5, 0.6) is 0 Å². The first-order valence-electron chi connectivity index (χ1n) is 16.4. The SMILES string of the molecule is C=CCCC(=O)NC[C@@H](OC(=O)[C@H]1[C@@H]2O[C@@]3(CC2Br)[C@@H]1C(=O)N([C@@H](CC)CO)[C@@H]3C(=O)N(CC=C)C(C)CCC)c1ccccc1. The summed E-state index contributed by atoms with van der Waals surface area (Å²) in [7, 11) is 0. The van der Waals surface area contributed by atoms with E-state index >= 15 is 0 Å². The lowest BCUT2D eigenvalue weighted by molar-refractivity contribution is -0.161. The maximum atomic E-state index is 14.6. The van der Waals surface area contributed by atoms with Crippen molar-refractivity contribution in [3.8, 4) is 0 Å². The number of allylic oxidation sites excluding steroid dienone is 1. The second kappa shape index (κ2) is 15.7. The van der Waals surface area contributed by atoms with Crippen LogP contribution in [0.15, 0.2) is 55.6 Å². The van der Waals surface area contributed by atoms with Crippen molar-refractivity contribution in [2.45, 2.75) is 100 Å². The van der Waals surface area contributed by atoms with E-state index in [0.29, 0.717) is 31.4 Å². The van der Waals surface area contributed by atoms with E-state index in [4.69, 9.17) is 9.47 Å². The third kappa shape index (κ3) is 6.82. The minimum absolute atomic E-state index is 0.0486. The molecule has 0 aromatic heterocycles. The lowest BCUT2D eigenvalue weighted by Gasteiger charge is -2.40. The number of carbonyl (C=O) groups is 4. The molecule has 3 amide bonds. The minimum Gasteiger partial charge on any atom is -0.455 e. The summed E-state index contributed by atoms with van der Waals surface area (Å²) in [5, 5.41) is 13.2. The molecule has 3 saturated heterocycles. The van der Waals surface area contributed by atoms with Gasteiger partial charge in [0, 0.05) is 23.8 Å². The number of halogens is 1. The van der Waals surface area contributed by atoms with Gasteiger partial charge in [-0.25, -0.2) is 0 Å². The normalized spacial score (nSPS) is 28.2. The number of alkyl halides is 1. The van der Waals surface area contributed by atoms with Crippen molar-refractivity contribution in [1.29, 1.82) is 0 Å². The molecule has 4 rings (SSSR count). The molecule has 0 radical (unpaired) electrons. The van der Waals surface area contributed by atoms with E-state index in [9.17, 15) is 24.3 Å². The fraction of sp³-hybridized carbons (Fsp3) is 0.600. The number of nitrogens with one attached hydrogen (secondary N) is 1. The zero-order valence-corrected chi connectivity index (χ0v) is 28.7. The van der Waals surface area contributed by atoms with E-state index in [1.165, 1.54) is 4.90 Å². The van der Waals surface area contributed by atoms with Crippen molar-refractivity contribution in [2.24, 2.45) is 11.8 Å². The molecule has 10 nitrogen and oxygen atoms in total. The first-order chi connectivity index (χ1) is 22.1. The third-order valence-corrected chi connectivity index (χ3v) is 10.5. The molecule has 1 aromatic rings. The molecule has 3 aliphatic heterocycles. The van der Waals surface area contributed by atoms with Gasteiger partial charge >= 0.3 is 5.97 Å². The molecule has 11 heteroatoms. The van der Waals surface area contributed by atoms with Gasteiger partial charge in [0.05, 0.1) is 37.1 Å². The smallest absolute Gasteiger partial charge is 0.313 e. The molecule has 46 heavy (non-hydrogen) atoms. The van der Waals surface area contributed by atoms with Crippen molar-refractivity contribution in [2.75, 3.05) is 19.7 Å². The summed E-state index contributed by atoms with van der Waals surface area (Å²) < 4.78 is 12.8. The summed E-state index contributed by atoms with van der Waals surface area (Å²) in [6.45, 7) is 13.4. The van der Waals surface area contributed by atoms with Gasteiger partial charge in [-0.15, -0.1) is 13.2 Å². The van der Waals surface area contributed by atoms with Crippen molar-refractivity contribution < 1.29 is 33.8 Å². The van der Waals surface area contributed by atoms with E-state index < -0.39 is 53.6 Å². The van der Waals surface area contributed by atoms with Gasteiger partial charge in [0.1, 0.15) is 17.7 Å². The van der Waals surface area contributed by atoms with Crippen LogP contribution in [0, 0.1) is 11.8 Å². The molecule has 3 fully saturated rings. The number of ether oxygens (including phenoxy) is 2. The summed E-state index contributed by atoms with van der Waals surface area (Å²) in [6.07, 6.45) is 4.99. The summed E-state index contributed by atoms with van der Waals surface area (Å²) in [5.74, 6) is -3.46. The first-order valence-corrected chi connectivity index (χ1v) is 17.3. The second-order valence-corrected chi connectivity index (χ2v) is 13.7. The lowest BCUT2D eigenvalue weighted by Crippen LogP contribution is -2.60. The van der Waals surface area contributed by atoms with Gasteiger partial charge in [0.15, 0.2) is 0 Å². The van der Waals surface area contributed by atoms with Crippen molar-refractivity contribution in [3.63, 3.8) is 0 Å². The Hall–Kier alpha value is -3.02. The van der Waals surface area contributed by atoms with Crippen LogP contribution < -0.4 is 5.32 Å². The zero-order valence-electron chi connectivity index (χ0n) is 27.1. The largest absolute Gasteiger partial charge is 0.455 e. The van der Waals surface area contributed by atoms with Crippen LogP contribution in [0.2, 0.25) is 0 Å². The Morgan fingerprint density at radius 3 is 2.57 bits per heavy atom. The van der Waals surface area contributed by atoms with E-state index in [1.807, 2.05) is 44.2 Å². The molecule has 2 bridgehead atoms. The van der Waals surface area contributed by atoms with Crippen molar-refractivity contribution >= 4 is 39.6 Å². The Bertz CT molecular complexity index is 1270. The topological polar surface area (TPSA) is 125 Å². The number of hydrogen-bond acceptors (Lipinski definition) is 7. The first kappa shape index (κ1) is 35.8. The average molecular weight is 703 g/mol. The highest BCUT2D eigenvalue weighted by molar-refractivity contribution is 9.09. The summed E-state index contributed by atoms with van der Waals surface area (Å²) >= 11 is 3.71. The Kier molecular flexibility index (Phi) is 12.2. The highest BCUT2D eigenvalue weighted by Crippen LogP contribution is 2.61. The van der Waals surface area contributed by atoms with Gasteiger partial charge in [-0.3, -0.25) is 19.2 Å². The number of aliphatic hydroxyl groups excluding tert-OH is 1. The third-order valence-electron chi connectivity index (χ3n) is 9.65. The van der Waals surface area contributed by atoms with Crippen LogP contribution in [0.4, 0.5) is 0 Å². The molecule has 1 aromatic carbocycles. The Morgan fingerprint density at radius 1 is 1.24 bits per heavy atom. The Balaban J connectivity index is 1.70. The van der Waals surface area contributed by atoms with Crippen molar-refractivity contribution in [3.05, 3.63) is 61.2 Å². The molecule has 3 heterocycles. The fourth-order valence-corrected chi connectivity index (χ4v) is 8.36. The minimum atomic E-state index is -1.29. The molecule has 3 aliphatic rings. The van der Waals surface area contributed by atoms with Crippen LogP contribution >= 0.6 is 15.9 Å². The number of fused-ring (bicyclic) bond motifs is 1. The lowest BCUT2D eigenvalue weighted by atomic mass is 9.70. The fourth-order valence-electron chi connectivity index (χ4n) is 7.42. The summed E-state index contributed by atoms with van der Waals surface area (Å²) in [4.78, 5) is 58.6. The Labute approximate surface area is 280 Å². The number of hydrogen-bond donors (Lipinski definition) is 2. The molecular weight excluding hydrogens is 654 g/mol.